The van der Waals surface area contributed by atoms with Crippen molar-refractivity contribution < 1.29 is 41.8 Å². The summed E-state index contributed by atoms with van der Waals surface area (Å²) in [4.78, 5) is 81.6. The van der Waals surface area contributed by atoms with Crippen LogP contribution in [0.4, 0.5) is 53.4 Å². The average molecular weight is 1730 g/mol. The standard InChI is InChI=1S/C33H39ClFN7O2.C30H35ClFN7O2.C26H35ClFN7O2/c1-19(2)44-30-25(20(3)32-38-21(4)29-31(36)37-10-11-42(29)32)17-26(34)28(35)27(30)33(43)39-23-6-5-7-24(16-23)41-14-12-40(13-15-41)18-22-8-9-22;1-17(2)41-27-22(18(3)29-35-19(4)26-28(33)34-9-10-39(26)29)16-23(31)25(32)24(27)30(40)36-20-7-6-8-21(15-20)38-13-11-37(5)12-14-38;1-15(2)37-23-18(16(3)25-32-17(4)22-24(29)30-7-9-35(22)25)14-19(27)21(28)20(23)26(36)31-6-8-34-12-10-33(5)11-13-34/h5-7,10-11,16-17,19-20,22H,8-9,12-15,18H2,1-4H3,(H2,36,37)(H,39,43);6-10,15-18H,11-14H2,1-5H3,(H2,33,34)(H,36,40);7,9,14-16H,6,8,10-13H2,1-5H3,(H2,29,30)(H,31,36). The number of benzene rings is 5. The van der Waals surface area contributed by atoms with Gasteiger partial charge in [-0.3, -0.25) is 37.4 Å². The second-order valence-electron chi connectivity index (χ2n) is 32.8. The Labute approximate surface area is 724 Å². The third-order valence-electron chi connectivity index (χ3n) is 22.6. The summed E-state index contributed by atoms with van der Waals surface area (Å²) >= 11 is 19.2. The van der Waals surface area contributed by atoms with Crippen LogP contribution in [0.15, 0.2) is 104 Å². The smallest absolute Gasteiger partial charge is 0.262 e. The Balaban J connectivity index is 0.000000158. The zero-order valence-corrected chi connectivity index (χ0v) is 73.8. The van der Waals surface area contributed by atoms with Crippen LogP contribution < -0.4 is 57.2 Å². The second-order valence-corrected chi connectivity index (χ2v) is 34.0. The molecule has 9 heterocycles. The Morgan fingerprint density at radius 1 is 0.467 bits per heavy atom. The zero-order valence-electron chi connectivity index (χ0n) is 71.5. The first kappa shape index (κ1) is 89.0. The van der Waals surface area contributed by atoms with E-state index in [0.717, 1.165) is 95.8 Å². The lowest BCUT2D eigenvalue weighted by Crippen LogP contribution is -2.47. The number of nitrogens with one attached hydrogen (secondary N) is 3. The Morgan fingerprint density at radius 3 is 1.14 bits per heavy atom. The van der Waals surface area contributed by atoms with Gasteiger partial charge in [0.1, 0.15) is 85.4 Å². The number of likely N-dealkylation sites (N-methyl/N-ethyl adjacent to an activating group) is 2. The zero-order chi connectivity index (χ0) is 87.4. The molecular formula is C89H109Cl3F3N21O6. The van der Waals surface area contributed by atoms with Crippen molar-refractivity contribution in [3.05, 3.63) is 204 Å². The number of fused-ring (bicyclic) bond motifs is 3. The molecule has 5 aromatic carbocycles. The molecule has 4 aliphatic rings. The molecule has 33 heteroatoms. The maximum atomic E-state index is 15.8. The van der Waals surface area contributed by atoms with Crippen molar-refractivity contribution in [1.29, 1.82) is 0 Å². The average Bonchev–Trinajstić information content (AvgIpc) is 1.05. The number of halogens is 6. The minimum absolute atomic E-state index is 0.124. The lowest BCUT2D eigenvalue weighted by molar-refractivity contribution is 0.0928. The van der Waals surface area contributed by atoms with E-state index in [1.54, 1.807) is 49.3 Å². The third kappa shape index (κ3) is 19.8. The van der Waals surface area contributed by atoms with Crippen molar-refractivity contribution in [2.45, 2.75) is 132 Å². The van der Waals surface area contributed by atoms with Gasteiger partial charge in [-0.1, -0.05) is 67.7 Å². The van der Waals surface area contributed by atoms with Gasteiger partial charge in [0.05, 0.1) is 50.5 Å². The number of amides is 3. The van der Waals surface area contributed by atoms with E-state index in [0.29, 0.717) is 110 Å². The molecule has 122 heavy (non-hydrogen) atoms. The van der Waals surface area contributed by atoms with Crippen LogP contribution in [0.1, 0.15) is 175 Å². The number of nitrogens with two attached hydrogens (primary N) is 3. The Kier molecular flexibility index (Phi) is 28.0. The molecule has 11 aromatic rings. The number of carbonyl (C=O) groups excluding carboxylic acids is 3. The van der Waals surface area contributed by atoms with Gasteiger partial charge < -0.3 is 67.0 Å². The largest absolute Gasteiger partial charge is 0.490 e. The second kappa shape index (κ2) is 38.4. The summed E-state index contributed by atoms with van der Waals surface area (Å²) in [6.45, 7) is 35.9. The number of nitrogen functional groups attached to an aromatic ring is 3. The number of anilines is 7. The highest BCUT2D eigenvalue weighted by molar-refractivity contribution is 6.32. The fraction of sp³-hybridized carbons (Fsp3) is 0.427. The van der Waals surface area contributed by atoms with E-state index in [1.165, 1.54) is 37.6 Å². The monoisotopic (exact) mass is 1730 g/mol. The first-order valence-corrected chi connectivity index (χ1v) is 42.6. The number of nitrogens with zero attached hydrogens (tertiary/aromatic N) is 15. The minimum atomic E-state index is -0.844. The van der Waals surface area contributed by atoms with Gasteiger partial charge in [-0.05, 0) is 150 Å². The molecule has 3 atom stereocenters. The van der Waals surface area contributed by atoms with Crippen LogP contribution in [-0.4, -0.2) is 211 Å². The van der Waals surface area contributed by atoms with Crippen molar-refractivity contribution in [3.63, 3.8) is 0 Å². The van der Waals surface area contributed by atoms with Crippen molar-refractivity contribution in [1.82, 2.24) is 68.0 Å². The highest BCUT2D eigenvalue weighted by Crippen LogP contribution is 2.45. The molecule has 6 aromatic heterocycles. The molecule has 1 saturated carbocycles. The molecule has 0 bridgehead atoms. The molecule has 648 valence electrons. The molecular weight excluding hydrogens is 1620 g/mol. The molecule has 0 radical (unpaired) electrons. The molecule has 4 fully saturated rings. The summed E-state index contributed by atoms with van der Waals surface area (Å²) in [5.41, 5.74) is 26.6. The number of aryl methyl sites for hydroxylation is 3. The molecule has 3 amide bonds. The van der Waals surface area contributed by atoms with Gasteiger partial charge in [0, 0.05) is 193 Å². The quantitative estimate of drug-likeness (QED) is 0.0327. The number of hydrogen-bond donors (Lipinski definition) is 6. The van der Waals surface area contributed by atoms with Crippen LogP contribution >= 0.6 is 34.8 Å². The fourth-order valence-corrected chi connectivity index (χ4v) is 16.7. The number of aromatic nitrogens is 9. The van der Waals surface area contributed by atoms with E-state index in [4.69, 9.17) is 81.2 Å². The Hall–Kier alpha value is -10.7. The van der Waals surface area contributed by atoms with Crippen LogP contribution in [0.3, 0.4) is 0 Å². The van der Waals surface area contributed by atoms with E-state index in [1.807, 2.05) is 133 Å². The van der Waals surface area contributed by atoms with Gasteiger partial charge in [0.15, 0.2) is 17.5 Å². The van der Waals surface area contributed by atoms with E-state index in [2.05, 4.69) is 74.4 Å². The first-order valence-electron chi connectivity index (χ1n) is 41.5. The van der Waals surface area contributed by atoms with E-state index in [-0.39, 0.29) is 67.3 Å². The van der Waals surface area contributed by atoms with Crippen LogP contribution in [0.5, 0.6) is 17.2 Å². The van der Waals surface area contributed by atoms with Gasteiger partial charge in [0.2, 0.25) is 0 Å². The Bertz CT molecular complexity index is 5660. The topological polar surface area (TPSA) is 303 Å². The summed E-state index contributed by atoms with van der Waals surface area (Å²) in [6, 6.07) is 19.8. The predicted molar refractivity (Wildman–Crippen MR) is 477 cm³/mol. The van der Waals surface area contributed by atoms with Crippen molar-refractivity contribution >= 4 is 109 Å². The SMILES string of the molecule is Cc1nc(C(C)c2cc(Cl)c(F)c(C(=O)NCCN3CCN(C)CC3)c2OC(C)C)n2ccnc(N)c12.Cc1nc(C(C)c2cc(Cl)c(F)c(C(=O)Nc3cccc(N4CCN(C)CC4)c3)c2OC(C)C)n2ccnc(N)c12.Cc1nc(C(C)c2cc(Cl)c(F)c(C(=O)Nc3cccc(N4CCN(CC5CC5)CC4)c3)c2OC(C)C)n2ccnc(N)c12. The van der Waals surface area contributed by atoms with E-state index >= 15 is 13.2 Å². The summed E-state index contributed by atoms with van der Waals surface area (Å²) in [7, 11) is 4.19. The van der Waals surface area contributed by atoms with E-state index < -0.39 is 52.9 Å². The first-order chi connectivity index (χ1) is 58.2. The van der Waals surface area contributed by atoms with Crippen molar-refractivity contribution in [3.8, 4) is 17.2 Å². The van der Waals surface area contributed by atoms with Gasteiger partial charge in [-0.2, -0.15) is 0 Å². The van der Waals surface area contributed by atoms with Gasteiger partial charge in [0.25, 0.3) is 17.7 Å². The van der Waals surface area contributed by atoms with Crippen LogP contribution in [0, 0.1) is 44.1 Å². The predicted octanol–water partition coefficient (Wildman–Crippen LogP) is 14.8. The highest BCUT2D eigenvalue weighted by atomic mass is 35.5. The fourth-order valence-electron chi connectivity index (χ4n) is 16.0. The lowest BCUT2D eigenvalue weighted by Gasteiger charge is -2.36. The molecule has 0 spiro atoms. The number of piperazine rings is 3. The normalized spacial score (nSPS) is 15.8. The third-order valence-corrected chi connectivity index (χ3v) is 23.4. The molecule has 3 unspecified atom stereocenters. The minimum Gasteiger partial charge on any atom is -0.490 e. The number of ether oxygens (including phenoxy) is 3. The molecule has 3 saturated heterocycles. The molecule has 27 nitrogen and oxygen atoms in total. The molecule has 1 aliphatic carbocycles. The van der Waals surface area contributed by atoms with Gasteiger partial charge in [-0.25, -0.2) is 43.1 Å². The van der Waals surface area contributed by atoms with Crippen LogP contribution in [-0.2, 0) is 0 Å². The number of hydrogen-bond acceptors (Lipinski definition) is 21. The summed E-state index contributed by atoms with van der Waals surface area (Å²) < 4.78 is 70.8. The Morgan fingerprint density at radius 2 is 0.795 bits per heavy atom. The maximum Gasteiger partial charge on any atom is 0.262 e. The summed E-state index contributed by atoms with van der Waals surface area (Å²) in [5.74, 6) is -1.31. The molecule has 15 rings (SSSR count). The number of imidazole rings is 3. The highest BCUT2D eigenvalue weighted by Gasteiger charge is 2.36. The van der Waals surface area contributed by atoms with Crippen LogP contribution in [0.2, 0.25) is 15.1 Å². The van der Waals surface area contributed by atoms with Crippen LogP contribution in [0.25, 0.3) is 16.6 Å². The molecule has 3 aliphatic heterocycles. The van der Waals surface area contributed by atoms with E-state index in [9.17, 15) is 14.4 Å². The lowest BCUT2D eigenvalue weighted by atomic mass is 9.95. The van der Waals surface area contributed by atoms with Crippen molar-refractivity contribution in [2.24, 2.45) is 5.92 Å². The summed E-state index contributed by atoms with van der Waals surface area (Å²) in [5, 5.41) is 8.14. The number of rotatable bonds is 24. The van der Waals surface area contributed by atoms with Gasteiger partial charge >= 0.3 is 0 Å². The number of carbonyl (C=O) groups is 3. The van der Waals surface area contributed by atoms with Gasteiger partial charge in [-0.15, -0.1) is 0 Å². The summed E-state index contributed by atoms with van der Waals surface area (Å²) in [6.07, 6.45) is 11.8. The van der Waals surface area contributed by atoms with Crippen molar-refractivity contribution in [2.75, 3.05) is 150 Å². The maximum absolute atomic E-state index is 15.8. The molecule has 9 N–H and O–H groups in total.